The molecule has 6 heteroatoms. The van der Waals surface area contributed by atoms with Crippen LogP contribution in [0.2, 0.25) is 0 Å². The van der Waals surface area contributed by atoms with Crippen molar-refractivity contribution >= 4 is 11.6 Å². The van der Waals surface area contributed by atoms with E-state index < -0.39 is 40.4 Å². The first-order valence-electron chi connectivity index (χ1n) is 5.19. The van der Waals surface area contributed by atoms with Crippen LogP contribution in [0.25, 0.3) is 0 Å². The zero-order valence-corrected chi connectivity index (χ0v) is 9.38. The average molecular weight is 269 g/mol. The van der Waals surface area contributed by atoms with E-state index in [0.29, 0.717) is 6.07 Å². The van der Waals surface area contributed by atoms with Crippen molar-refractivity contribution in [2.45, 2.75) is 0 Å². The van der Waals surface area contributed by atoms with Crippen LogP contribution < -0.4 is 5.32 Å². The van der Waals surface area contributed by atoms with Crippen LogP contribution in [0.1, 0.15) is 10.4 Å². The number of para-hydroxylation sites is 1. The van der Waals surface area contributed by atoms with E-state index in [0.717, 1.165) is 30.3 Å². The predicted octanol–water partition coefficient (Wildman–Crippen LogP) is 3.50. The lowest BCUT2D eigenvalue weighted by Gasteiger charge is -2.08. The van der Waals surface area contributed by atoms with Crippen molar-refractivity contribution in [3.05, 3.63) is 65.2 Å². The van der Waals surface area contributed by atoms with Gasteiger partial charge in [0.2, 0.25) is 0 Å². The van der Waals surface area contributed by atoms with Crippen LogP contribution in [-0.2, 0) is 0 Å². The molecule has 0 spiro atoms. The standard InChI is InChI=1S/C13H7F4NO/c14-7-4-5-9(15)8(6-7)13(19)18-12-10(16)2-1-3-11(12)17/h1-6H,(H,18,19). The summed E-state index contributed by atoms with van der Waals surface area (Å²) in [5.41, 5.74) is -1.35. The van der Waals surface area contributed by atoms with Gasteiger partial charge in [0.05, 0.1) is 5.56 Å². The zero-order valence-electron chi connectivity index (χ0n) is 9.38. The second-order valence-corrected chi connectivity index (χ2v) is 3.67. The van der Waals surface area contributed by atoms with Crippen LogP contribution >= 0.6 is 0 Å². The van der Waals surface area contributed by atoms with Crippen molar-refractivity contribution in [1.29, 1.82) is 0 Å². The fourth-order valence-corrected chi connectivity index (χ4v) is 1.47. The van der Waals surface area contributed by atoms with Crippen molar-refractivity contribution in [3.63, 3.8) is 0 Å². The van der Waals surface area contributed by atoms with Gasteiger partial charge in [-0.25, -0.2) is 17.6 Å². The lowest BCUT2D eigenvalue weighted by molar-refractivity contribution is 0.102. The van der Waals surface area contributed by atoms with Crippen molar-refractivity contribution < 1.29 is 22.4 Å². The largest absolute Gasteiger partial charge is 0.317 e. The molecule has 0 aromatic heterocycles. The maximum absolute atomic E-state index is 13.3. The van der Waals surface area contributed by atoms with E-state index in [1.807, 2.05) is 5.32 Å². The molecule has 0 aliphatic carbocycles. The Labute approximate surface area is 105 Å². The summed E-state index contributed by atoms with van der Waals surface area (Å²) >= 11 is 0. The number of hydrogen-bond donors (Lipinski definition) is 1. The van der Waals surface area contributed by atoms with Gasteiger partial charge in [-0.3, -0.25) is 4.79 Å². The number of carbonyl (C=O) groups excluding carboxylic acids is 1. The quantitative estimate of drug-likeness (QED) is 0.831. The fourth-order valence-electron chi connectivity index (χ4n) is 1.47. The highest BCUT2D eigenvalue weighted by atomic mass is 19.1. The first-order chi connectivity index (χ1) is 8.99. The number of benzene rings is 2. The minimum absolute atomic E-state index is 0.636. The molecule has 0 saturated heterocycles. The van der Waals surface area contributed by atoms with Crippen molar-refractivity contribution in [2.75, 3.05) is 5.32 Å². The monoisotopic (exact) mass is 269 g/mol. The normalized spacial score (nSPS) is 10.3. The molecule has 0 saturated carbocycles. The third kappa shape index (κ3) is 2.73. The molecule has 2 rings (SSSR count). The van der Waals surface area contributed by atoms with Crippen molar-refractivity contribution in [3.8, 4) is 0 Å². The van der Waals surface area contributed by atoms with Crippen LogP contribution in [0.4, 0.5) is 23.2 Å². The van der Waals surface area contributed by atoms with Gasteiger partial charge in [-0.1, -0.05) is 6.07 Å². The summed E-state index contributed by atoms with van der Waals surface area (Å²) in [6.07, 6.45) is 0. The Hall–Kier alpha value is -2.37. The van der Waals surface area contributed by atoms with Gasteiger partial charge in [-0.05, 0) is 30.3 Å². The highest BCUT2D eigenvalue weighted by Crippen LogP contribution is 2.20. The summed E-state index contributed by atoms with van der Waals surface area (Å²) in [5, 5.41) is 1.87. The topological polar surface area (TPSA) is 29.1 Å². The summed E-state index contributed by atoms with van der Waals surface area (Å²) in [7, 11) is 0. The van der Waals surface area contributed by atoms with Gasteiger partial charge in [0, 0.05) is 0 Å². The minimum Gasteiger partial charge on any atom is -0.317 e. The molecule has 1 amide bonds. The second-order valence-electron chi connectivity index (χ2n) is 3.67. The van der Waals surface area contributed by atoms with Gasteiger partial charge in [0.15, 0.2) is 0 Å². The number of hydrogen-bond acceptors (Lipinski definition) is 1. The zero-order chi connectivity index (χ0) is 14.0. The van der Waals surface area contributed by atoms with Crippen LogP contribution in [0.3, 0.4) is 0 Å². The third-order valence-electron chi connectivity index (χ3n) is 2.37. The molecule has 2 aromatic rings. The molecule has 2 aromatic carbocycles. The van der Waals surface area contributed by atoms with Gasteiger partial charge in [-0.15, -0.1) is 0 Å². The number of nitrogens with one attached hydrogen (secondary N) is 1. The Morgan fingerprint density at radius 3 is 2.16 bits per heavy atom. The summed E-state index contributed by atoms with van der Waals surface area (Å²) in [4.78, 5) is 11.6. The van der Waals surface area contributed by atoms with Crippen LogP contribution in [0.5, 0.6) is 0 Å². The molecular formula is C13H7F4NO. The Morgan fingerprint density at radius 2 is 1.53 bits per heavy atom. The molecule has 0 aliphatic heterocycles. The smallest absolute Gasteiger partial charge is 0.258 e. The average Bonchev–Trinajstić information content (AvgIpc) is 2.37. The Kier molecular flexibility index (Phi) is 3.50. The fraction of sp³-hybridized carbons (Fsp3) is 0. The molecule has 0 bridgehead atoms. The molecule has 2 nitrogen and oxygen atoms in total. The van der Waals surface area contributed by atoms with Crippen LogP contribution in [-0.4, -0.2) is 5.91 Å². The Morgan fingerprint density at radius 1 is 0.895 bits per heavy atom. The molecule has 0 unspecified atom stereocenters. The van der Waals surface area contributed by atoms with E-state index in [1.54, 1.807) is 0 Å². The molecule has 0 atom stereocenters. The van der Waals surface area contributed by atoms with E-state index >= 15 is 0 Å². The van der Waals surface area contributed by atoms with E-state index in [1.165, 1.54) is 0 Å². The molecule has 0 radical (unpaired) electrons. The lowest BCUT2D eigenvalue weighted by atomic mass is 10.2. The highest BCUT2D eigenvalue weighted by molar-refractivity contribution is 6.04. The number of anilines is 1. The highest BCUT2D eigenvalue weighted by Gasteiger charge is 2.17. The van der Waals surface area contributed by atoms with Gasteiger partial charge in [0.1, 0.15) is 29.0 Å². The van der Waals surface area contributed by atoms with E-state index in [9.17, 15) is 22.4 Å². The molecule has 19 heavy (non-hydrogen) atoms. The summed E-state index contributed by atoms with van der Waals surface area (Å²) < 4.78 is 52.8. The number of rotatable bonds is 2. The molecule has 0 aliphatic rings. The molecule has 0 fully saturated rings. The van der Waals surface area contributed by atoms with Crippen molar-refractivity contribution in [1.82, 2.24) is 0 Å². The van der Waals surface area contributed by atoms with Crippen LogP contribution in [0, 0.1) is 23.3 Å². The summed E-state index contributed by atoms with van der Waals surface area (Å²) in [5.74, 6) is -4.98. The third-order valence-corrected chi connectivity index (χ3v) is 2.37. The molecule has 98 valence electrons. The first kappa shape index (κ1) is 13.1. The molecule has 0 heterocycles. The number of amides is 1. The number of carbonyl (C=O) groups is 1. The number of halogens is 4. The molecular weight excluding hydrogens is 262 g/mol. The molecule has 1 N–H and O–H groups in total. The van der Waals surface area contributed by atoms with E-state index in [2.05, 4.69) is 0 Å². The van der Waals surface area contributed by atoms with E-state index in [4.69, 9.17) is 0 Å². The first-order valence-corrected chi connectivity index (χ1v) is 5.19. The van der Waals surface area contributed by atoms with Crippen LogP contribution in [0.15, 0.2) is 36.4 Å². The Bertz CT molecular complexity index is 622. The van der Waals surface area contributed by atoms with Gasteiger partial charge < -0.3 is 5.32 Å². The summed E-state index contributed by atoms with van der Waals surface area (Å²) in [6.45, 7) is 0. The van der Waals surface area contributed by atoms with Crippen molar-refractivity contribution in [2.24, 2.45) is 0 Å². The lowest BCUT2D eigenvalue weighted by Crippen LogP contribution is -2.16. The maximum atomic E-state index is 13.3. The van der Waals surface area contributed by atoms with Gasteiger partial charge in [0.25, 0.3) is 5.91 Å². The Balaban J connectivity index is 2.34. The maximum Gasteiger partial charge on any atom is 0.258 e. The predicted molar refractivity (Wildman–Crippen MR) is 60.7 cm³/mol. The van der Waals surface area contributed by atoms with Gasteiger partial charge >= 0.3 is 0 Å². The summed E-state index contributed by atoms with van der Waals surface area (Å²) in [6, 6.07) is 5.20. The second kappa shape index (κ2) is 5.09. The van der Waals surface area contributed by atoms with Gasteiger partial charge in [-0.2, -0.15) is 0 Å². The van der Waals surface area contributed by atoms with E-state index in [-0.39, 0.29) is 0 Å². The minimum atomic E-state index is -1.14. The SMILES string of the molecule is O=C(Nc1c(F)cccc1F)c1cc(F)ccc1F.